The van der Waals surface area contributed by atoms with Crippen molar-refractivity contribution in [3.8, 4) is 0 Å². The van der Waals surface area contributed by atoms with Crippen LogP contribution in [0.15, 0.2) is 0 Å². The largest absolute Gasteiger partial charge is 0.522 e. The molecule has 0 aliphatic rings. The minimum absolute atomic E-state index is 0.0972. The maximum atomic E-state index is 11.1. The summed E-state index contributed by atoms with van der Waals surface area (Å²) in [4.78, 5) is 0. The number of ether oxygens (including phenoxy) is 1. The average molecular weight is 350 g/mol. The minimum atomic E-state index is -4.45. The van der Waals surface area contributed by atoms with Gasteiger partial charge in [-0.1, -0.05) is 68.2 Å². The summed E-state index contributed by atoms with van der Waals surface area (Å²) in [5, 5.41) is 8.40. The van der Waals surface area contributed by atoms with Crippen molar-refractivity contribution in [2.45, 2.75) is 81.0 Å². The van der Waals surface area contributed by atoms with Gasteiger partial charge in [0.2, 0.25) is 0 Å². The predicted molar refractivity (Wildman–Crippen MR) is 90.2 cm³/mol. The molecule has 146 valence electrons. The normalized spacial score (nSPS) is 10.7. The fourth-order valence-electron chi connectivity index (χ4n) is 0.218. The van der Waals surface area contributed by atoms with Crippen LogP contribution in [-0.4, -0.2) is 31.4 Å². The molecule has 0 saturated carbocycles. The second-order valence-corrected chi connectivity index (χ2v) is 6.56. The Bertz CT molecular complexity index is 198. The molecule has 1 N–H and O–H groups in total. The third kappa shape index (κ3) is 73.7. The summed E-state index contributed by atoms with van der Waals surface area (Å²) in [6, 6.07) is 0. The molecule has 2 nitrogen and oxygen atoms in total. The van der Waals surface area contributed by atoms with Crippen LogP contribution in [0.5, 0.6) is 0 Å². The third-order valence-electron chi connectivity index (χ3n) is 1.75. The number of aliphatic hydroxyl groups is 1. The monoisotopic (exact) mass is 350 g/mol. The molecule has 0 bridgehead atoms. The van der Waals surface area contributed by atoms with E-state index in [1.54, 1.807) is 6.92 Å². The first-order chi connectivity index (χ1) is 10.3. The van der Waals surface area contributed by atoms with Crippen LogP contribution in [0.4, 0.5) is 17.6 Å². The Morgan fingerprint density at radius 1 is 0.913 bits per heavy atom. The van der Waals surface area contributed by atoms with Crippen LogP contribution in [0.2, 0.25) is 0 Å². The predicted octanol–water partition coefficient (Wildman–Crippen LogP) is 6.38. The number of halogens is 4. The lowest BCUT2D eigenvalue weighted by atomic mass is 9.99. The smallest absolute Gasteiger partial charge is 0.396 e. The lowest BCUT2D eigenvalue weighted by Gasteiger charge is -2.11. The van der Waals surface area contributed by atoms with Gasteiger partial charge in [0, 0.05) is 6.61 Å². The van der Waals surface area contributed by atoms with Crippen LogP contribution in [0, 0.1) is 11.3 Å². The first kappa shape index (κ1) is 30.5. The SMILES string of the molecule is CC(C)(C)CO.CC(C)CF.CCCC.CCCOC(F)(F)F. The van der Waals surface area contributed by atoms with Crippen LogP contribution >= 0.6 is 0 Å². The molecule has 6 heteroatoms. The molecule has 0 amide bonds. The van der Waals surface area contributed by atoms with Gasteiger partial charge in [-0.2, -0.15) is 0 Å². The van der Waals surface area contributed by atoms with E-state index in [4.69, 9.17) is 5.11 Å². The van der Waals surface area contributed by atoms with Gasteiger partial charge in [-0.05, 0) is 17.8 Å². The Labute approximate surface area is 140 Å². The number of rotatable bonds is 4. The molecule has 0 aromatic rings. The second-order valence-electron chi connectivity index (χ2n) is 6.56. The maximum Gasteiger partial charge on any atom is 0.522 e. The van der Waals surface area contributed by atoms with Gasteiger partial charge in [0.05, 0.1) is 13.3 Å². The van der Waals surface area contributed by atoms with E-state index in [9.17, 15) is 17.6 Å². The van der Waals surface area contributed by atoms with E-state index in [1.807, 2.05) is 34.6 Å². The molecule has 0 aromatic heterocycles. The van der Waals surface area contributed by atoms with Crippen molar-refractivity contribution in [3.63, 3.8) is 0 Å². The molecule has 0 rings (SSSR count). The molecule has 0 unspecified atom stereocenters. The van der Waals surface area contributed by atoms with Crippen molar-refractivity contribution in [1.29, 1.82) is 0 Å². The Morgan fingerprint density at radius 3 is 1.26 bits per heavy atom. The average Bonchev–Trinajstić information content (AvgIpc) is 2.45. The summed E-state index contributed by atoms with van der Waals surface area (Å²) in [5.41, 5.74) is 0.0972. The second kappa shape index (κ2) is 19.7. The molecule has 0 aromatic carbocycles. The molecule has 0 radical (unpaired) electrons. The fraction of sp³-hybridized carbons (Fsp3) is 1.00. The first-order valence-corrected chi connectivity index (χ1v) is 8.18. The van der Waals surface area contributed by atoms with Crippen molar-refractivity contribution in [2.24, 2.45) is 11.3 Å². The van der Waals surface area contributed by atoms with Gasteiger partial charge in [0.25, 0.3) is 0 Å². The number of aliphatic hydroxyl groups excluding tert-OH is 1. The highest BCUT2D eigenvalue weighted by molar-refractivity contribution is 4.55. The molecule has 0 saturated heterocycles. The molecule has 0 aliphatic heterocycles. The highest BCUT2D eigenvalue weighted by Gasteiger charge is 2.27. The zero-order chi connectivity index (χ0) is 19.5. The third-order valence-corrected chi connectivity index (χ3v) is 1.75. The zero-order valence-corrected chi connectivity index (χ0v) is 16.2. The summed E-state index contributed by atoms with van der Waals surface area (Å²) in [6.45, 7) is 15.5. The molecule has 0 atom stereocenters. The molecule has 0 spiro atoms. The van der Waals surface area contributed by atoms with Gasteiger partial charge in [-0.15, -0.1) is 13.2 Å². The number of unbranched alkanes of at least 4 members (excludes halogenated alkanes) is 1. The minimum Gasteiger partial charge on any atom is -0.396 e. The molecular weight excluding hydrogens is 312 g/mol. The van der Waals surface area contributed by atoms with Gasteiger partial charge in [-0.3, -0.25) is 9.13 Å². The quantitative estimate of drug-likeness (QED) is 0.596. The van der Waals surface area contributed by atoms with E-state index in [0.29, 0.717) is 6.42 Å². The summed E-state index contributed by atoms with van der Waals surface area (Å²) in [7, 11) is 0. The van der Waals surface area contributed by atoms with E-state index >= 15 is 0 Å². The van der Waals surface area contributed by atoms with Gasteiger partial charge in [-0.25, -0.2) is 0 Å². The number of hydrogen-bond acceptors (Lipinski definition) is 2. The summed E-state index contributed by atoms with van der Waals surface area (Å²) < 4.78 is 47.6. The van der Waals surface area contributed by atoms with Gasteiger partial charge < -0.3 is 5.11 Å². The van der Waals surface area contributed by atoms with Crippen molar-refractivity contribution < 1.29 is 27.4 Å². The maximum absolute atomic E-state index is 11.1. The van der Waals surface area contributed by atoms with Crippen molar-refractivity contribution in [1.82, 2.24) is 0 Å². The van der Waals surface area contributed by atoms with E-state index in [-0.39, 0.29) is 31.2 Å². The molecular formula is C17H38F4O2. The van der Waals surface area contributed by atoms with Crippen molar-refractivity contribution >= 4 is 0 Å². The first-order valence-electron chi connectivity index (χ1n) is 8.18. The van der Waals surface area contributed by atoms with Crippen LogP contribution in [-0.2, 0) is 4.74 Å². The van der Waals surface area contributed by atoms with Gasteiger partial charge >= 0.3 is 6.36 Å². The summed E-state index contributed by atoms with van der Waals surface area (Å²) in [6.07, 6.45) is -1.42. The molecule has 0 aliphatic carbocycles. The standard InChI is InChI=1S/C5H12O.C4H7F3O.C4H9F.C4H10/c1-5(2,3)4-6;1-2-3-8-4(5,6)7;1-4(2)3-5;1-3-4-2/h6H,4H2,1-3H3;2-3H2,1H3;4H,3H2,1-2H3;3-4H2,1-2H3. The van der Waals surface area contributed by atoms with Crippen LogP contribution < -0.4 is 0 Å². The Kier molecular flexibility index (Phi) is 26.1. The van der Waals surface area contributed by atoms with E-state index in [1.165, 1.54) is 12.8 Å². The van der Waals surface area contributed by atoms with Crippen molar-refractivity contribution in [2.75, 3.05) is 19.9 Å². The molecule has 23 heavy (non-hydrogen) atoms. The van der Waals surface area contributed by atoms with Gasteiger partial charge in [0.1, 0.15) is 0 Å². The zero-order valence-electron chi connectivity index (χ0n) is 16.2. The highest BCUT2D eigenvalue weighted by Crippen LogP contribution is 2.15. The Hall–Kier alpha value is -0.360. The summed E-state index contributed by atoms with van der Waals surface area (Å²) >= 11 is 0. The van der Waals surface area contributed by atoms with Crippen LogP contribution in [0.1, 0.15) is 74.7 Å². The Morgan fingerprint density at radius 2 is 1.22 bits per heavy atom. The van der Waals surface area contributed by atoms with E-state index in [0.717, 1.165) is 0 Å². The van der Waals surface area contributed by atoms with E-state index < -0.39 is 6.36 Å². The number of hydrogen-bond donors (Lipinski definition) is 1. The molecule has 0 fully saturated rings. The van der Waals surface area contributed by atoms with Crippen LogP contribution in [0.25, 0.3) is 0 Å². The Balaban J connectivity index is -0.000000108. The highest BCUT2D eigenvalue weighted by atomic mass is 19.4. The van der Waals surface area contributed by atoms with E-state index in [2.05, 4.69) is 18.6 Å². The lowest BCUT2D eigenvalue weighted by Crippen LogP contribution is -2.13. The number of alkyl halides is 4. The lowest BCUT2D eigenvalue weighted by molar-refractivity contribution is -0.324. The summed E-state index contributed by atoms with van der Waals surface area (Å²) in [5.74, 6) is 0.218. The molecule has 0 heterocycles. The topological polar surface area (TPSA) is 29.5 Å². The van der Waals surface area contributed by atoms with Crippen molar-refractivity contribution in [3.05, 3.63) is 0 Å². The van der Waals surface area contributed by atoms with Gasteiger partial charge in [0.15, 0.2) is 0 Å². The van der Waals surface area contributed by atoms with Crippen LogP contribution in [0.3, 0.4) is 0 Å². The fourth-order valence-corrected chi connectivity index (χ4v) is 0.218.